The standard InChI is InChI=1S/C15H26N4O3S/c1-2-11-23(20,21)19-10-6-3-7-12(19)13-17-14(18-22-13)15(16)8-4-5-9-15/h12H,2-11,16H2,1H3. The molecule has 1 aliphatic heterocycles. The molecule has 2 aliphatic rings. The third kappa shape index (κ3) is 3.29. The Morgan fingerprint density at radius 1 is 1.30 bits per heavy atom. The lowest BCUT2D eigenvalue weighted by Crippen LogP contribution is -2.40. The van der Waals surface area contributed by atoms with Gasteiger partial charge in [0.2, 0.25) is 15.9 Å². The molecule has 0 bridgehead atoms. The van der Waals surface area contributed by atoms with Crippen molar-refractivity contribution in [1.82, 2.24) is 14.4 Å². The lowest BCUT2D eigenvalue weighted by Gasteiger charge is -2.32. The van der Waals surface area contributed by atoms with Gasteiger partial charge < -0.3 is 10.3 Å². The Bertz CT molecular complexity index is 637. The van der Waals surface area contributed by atoms with Crippen molar-refractivity contribution >= 4 is 10.0 Å². The monoisotopic (exact) mass is 342 g/mol. The van der Waals surface area contributed by atoms with E-state index in [-0.39, 0.29) is 11.8 Å². The van der Waals surface area contributed by atoms with Gasteiger partial charge in [-0.1, -0.05) is 31.3 Å². The largest absolute Gasteiger partial charge is 0.337 e. The summed E-state index contributed by atoms with van der Waals surface area (Å²) in [5.41, 5.74) is 5.86. The number of sulfonamides is 1. The molecule has 1 unspecified atom stereocenters. The molecule has 1 saturated carbocycles. The maximum atomic E-state index is 12.5. The van der Waals surface area contributed by atoms with E-state index in [9.17, 15) is 8.42 Å². The molecule has 1 aromatic rings. The second-order valence-corrected chi connectivity index (χ2v) is 8.80. The lowest BCUT2D eigenvalue weighted by atomic mass is 9.98. The minimum absolute atomic E-state index is 0.158. The molecule has 130 valence electrons. The summed E-state index contributed by atoms with van der Waals surface area (Å²) in [5.74, 6) is 1.09. The molecule has 1 aromatic heterocycles. The number of aromatic nitrogens is 2. The molecule has 0 radical (unpaired) electrons. The van der Waals surface area contributed by atoms with Gasteiger partial charge in [-0.3, -0.25) is 0 Å². The van der Waals surface area contributed by atoms with Crippen LogP contribution in [0.25, 0.3) is 0 Å². The Labute approximate surface area is 137 Å². The van der Waals surface area contributed by atoms with E-state index in [1.165, 1.54) is 0 Å². The molecule has 2 heterocycles. The Morgan fingerprint density at radius 3 is 2.74 bits per heavy atom. The Morgan fingerprint density at radius 2 is 2.04 bits per heavy atom. The molecular weight excluding hydrogens is 316 g/mol. The van der Waals surface area contributed by atoms with Gasteiger partial charge in [-0.05, 0) is 32.1 Å². The molecule has 1 saturated heterocycles. The van der Waals surface area contributed by atoms with E-state index in [1.54, 1.807) is 4.31 Å². The van der Waals surface area contributed by atoms with Gasteiger partial charge in [-0.2, -0.15) is 9.29 Å². The minimum Gasteiger partial charge on any atom is -0.337 e. The highest BCUT2D eigenvalue weighted by Gasteiger charge is 2.40. The van der Waals surface area contributed by atoms with E-state index in [4.69, 9.17) is 10.3 Å². The van der Waals surface area contributed by atoms with Crippen molar-refractivity contribution in [2.75, 3.05) is 12.3 Å². The number of hydrogen-bond acceptors (Lipinski definition) is 6. The zero-order chi connectivity index (χ0) is 16.5. The van der Waals surface area contributed by atoms with Gasteiger partial charge in [-0.15, -0.1) is 0 Å². The molecule has 7 nitrogen and oxygen atoms in total. The SMILES string of the molecule is CCCS(=O)(=O)N1CCCCC1c1nc(C2(N)CCCC2)no1. The van der Waals surface area contributed by atoms with E-state index >= 15 is 0 Å². The first-order chi connectivity index (χ1) is 11.0. The Balaban J connectivity index is 1.85. The molecule has 1 atom stereocenters. The first-order valence-electron chi connectivity index (χ1n) is 8.59. The highest BCUT2D eigenvalue weighted by molar-refractivity contribution is 7.89. The first-order valence-corrected chi connectivity index (χ1v) is 10.2. The number of rotatable bonds is 5. The van der Waals surface area contributed by atoms with Crippen LogP contribution in [0.5, 0.6) is 0 Å². The van der Waals surface area contributed by atoms with Crippen molar-refractivity contribution in [3.8, 4) is 0 Å². The maximum Gasteiger partial charge on any atom is 0.245 e. The third-order valence-corrected chi connectivity index (χ3v) is 7.02. The fraction of sp³-hybridized carbons (Fsp3) is 0.867. The van der Waals surface area contributed by atoms with Crippen molar-refractivity contribution in [3.05, 3.63) is 11.7 Å². The van der Waals surface area contributed by atoms with Crippen molar-refractivity contribution < 1.29 is 12.9 Å². The number of piperidine rings is 1. The van der Waals surface area contributed by atoms with Crippen LogP contribution >= 0.6 is 0 Å². The summed E-state index contributed by atoms with van der Waals surface area (Å²) in [7, 11) is -3.28. The summed E-state index contributed by atoms with van der Waals surface area (Å²) >= 11 is 0. The van der Waals surface area contributed by atoms with Gasteiger partial charge in [0.1, 0.15) is 6.04 Å². The predicted molar refractivity (Wildman–Crippen MR) is 86.0 cm³/mol. The summed E-state index contributed by atoms with van der Waals surface area (Å²) in [5, 5.41) is 4.08. The van der Waals surface area contributed by atoms with Crippen LogP contribution in [0.4, 0.5) is 0 Å². The average Bonchev–Trinajstić information content (AvgIpc) is 3.17. The normalized spacial score (nSPS) is 25.7. The van der Waals surface area contributed by atoms with E-state index < -0.39 is 15.6 Å². The molecular formula is C15H26N4O3S. The van der Waals surface area contributed by atoms with E-state index in [2.05, 4.69) is 10.1 Å². The van der Waals surface area contributed by atoms with Crippen molar-refractivity contribution in [2.45, 2.75) is 69.9 Å². The van der Waals surface area contributed by atoms with Crippen molar-refractivity contribution in [1.29, 1.82) is 0 Å². The van der Waals surface area contributed by atoms with Crippen LogP contribution < -0.4 is 5.73 Å². The van der Waals surface area contributed by atoms with Gasteiger partial charge in [0.05, 0.1) is 11.3 Å². The summed E-state index contributed by atoms with van der Waals surface area (Å²) in [6, 6.07) is -0.341. The van der Waals surface area contributed by atoms with Crippen LogP contribution in [-0.2, 0) is 15.6 Å². The summed E-state index contributed by atoms with van der Waals surface area (Å²) in [4.78, 5) is 4.50. The predicted octanol–water partition coefficient (Wildman–Crippen LogP) is 2.06. The molecule has 3 rings (SSSR count). The number of hydrogen-bond donors (Lipinski definition) is 1. The molecule has 2 N–H and O–H groups in total. The topological polar surface area (TPSA) is 102 Å². The smallest absolute Gasteiger partial charge is 0.245 e. The lowest BCUT2D eigenvalue weighted by molar-refractivity contribution is 0.204. The Hall–Kier alpha value is -0.990. The van der Waals surface area contributed by atoms with Crippen LogP contribution in [-0.4, -0.2) is 35.2 Å². The van der Waals surface area contributed by atoms with Gasteiger partial charge in [0.25, 0.3) is 0 Å². The summed E-state index contributed by atoms with van der Waals surface area (Å²) in [6.07, 6.45) is 7.02. The van der Waals surface area contributed by atoms with Crippen molar-refractivity contribution in [3.63, 3.8) is 0 Å². The zero-order valence-corrected chi connectivity index (χ0v) is 14.5. The molecule has 2 fully saturated rings. The van der Waals surface area contributed by atoms with Gasteiger partial charge in [-0.25, -0.2) is 8.42 Å². The maximum absolute atomic E-state index is 12.5. The fourth-order valence-corrected chi connectivity index (χ4v) is 5.40. The van der Waals surface area contributed by atoms with E-state index in [1.807, 2.05) is 6.92 Å². The molecule has 0 aromatic carbocycles. The van der Waals surface area contributed by atoms with Crippen LogP contribution in [0, 0.1) is 0 Å². The number of nitrogens with two attached hydrogens (primary N) is 1. The molecule has 8 heteroatoms. The second kappa shape index (κ2) is 6.49. The highest BCUT2D eigenvalue weighted by Crippen LogP contribution is 2.37. The molecule has 0 amide bonds. The minimum atomic E-state index is -3.28. The van der Waals surface area contributed by atoms with Crippen LogP contribution in [0.3, 0.4) is 0 Å². The van der Waals surface area contributed by atoms with Crippen molar-refractivity contribution in [2.24, 2.45) is 5.73 Å². The van der Waals surface area contributed by atoms with E-state index in [0.29, 0.717) is 24.7 Å². The molecule has 0 spiro atoms. The van der Waals surface area contributed by atoms with Gasteiger partial charge in [0.15, 0.2) is 5.82 Å². The average molecular weight is 342 g/mol. The first kappa shape index (κ1) is 16.9. The van der Waals surface area contributed by atoms with Gasteiger partial charge >= 0.3 is 0 Å². The van der Waals surface area contributed by atoms with E-state index in [0.717, 1.165) is 44.9 Å². The molecule has 23 heavy (non-hydrogen) atoms. The Kier molecular flexibility index (Phi) is 4.75. The zero-order valence-electron chi connectivity index (χ0n) is 13.7. The van der Waals surface area contributed by atoms with Gasteiger partial charge in [0, 0.05) is 6.54 Å². The van der Waals surface area contributed by atoms with Crippen LogP contribution in [0.2, 0.25) is 0 Å². The summed E-state index contributed by atoms with van der Waals surface area (Å²) < 4.78 is 32.0. The van der Waals surface area contributed by atoms with Crippen LogP contribution in [0.1, 0.15) is 76.0 Å². The quantitative estimate of drug-likeness (QED) is 0.878. The third-order valence-electron chi connectivity index (χ3n) is 4.94. The molecule has 1 aliphatic carbocycles. The second-order valence-electron chi connectivity index (χ2n) is 6.76. The highest BCUT2D eigenvalue weighted by atomic mass is 32.2. The number of nitrogens with zero attached hydrogens (tertiary/aromatic N) is 3. The van der Waals surface area contributed by atoms with Crippen LogP contribution in [0.15, 0.2) is 4.52 Å². The summed E-state index contributed by atoms with van der Waals surface area (Å²) in [6.45, 7) is 2.40. The fourth-order valence-electron chi connectivity index (χ4n) is 3.66.